The molecule has 11 heteroatoms. The third-order valence-electron chi connectivity index (χ3n) is 8.16. The van der Waals surface area contributed by atoms with Gasteiger partial charge in [0, 0.05) is 38.8 Å². The molecule has 2 heterocycles. The third-order valence-corrected chi connectivity index (χ3v) is 8.16. The Kier molecular flexibility index (Phi) is 18.3. The van der Waals surface area contributed by atoms with E-state index < -0.39 is 11.2 Å². The summed E-state index contributed by atoms with van der Waals surface area (Å²) >= 11 is 0. The lowest BCUT2D eigenvalue weighted by molar-refractivity contribution is -0.161. The van der Waals surface area contributed by atoms with Gasteiger partial charge in [0.25, 0.3) is 0 Å². The molecular weight excluding hydrogens is 640 g/mol. The smallest absolute Gasteiger partial charge is 0.306 e. The topological polar surface area (TPSA) is 156 Å². The average Bonchev–Trinajstić information content (AvgIpc) is 2.79. The van der Waals surface area contributed by atoms with Crippen LogP contribution in [0.5, 0.6) is 0 Å². The fraction of sp³-hybridized carbons (Fsp3) is 0.846. The minimum Gasteiger partial charge on any atom is -0.460 e. The van der Waals surface area contributed by atoms with E-state index in [9.17, 15) is 33.9 Å². The first-order valence-corrected chi connectivity index (χ1v) is 17.4. The van der Waals surface area contributed by atoms with Crippen LogP contribution in [0, 0.1) is 33.5 Å². The molecule has 2 N–H and O–H groups in total. The quantitative estimate of drug-likeness (QED) is 0.209. The molecule has 0 aromatic heterocycles. The van der Waals surface area contributed by atoms with Crippen LogP contribution < -0.4 is 5.32 Å². The predicted octanol–water partition coefficient (Wildman–Crippen LogP) is 7.01. The predicted molar refractivity (Wildman–Crippen MR) is 197 cm³/mol. The van der Waals surface area contributed by atoms with Gasteiger partial charge in [-0.15, -0.1) is 0 Å². The zero-order valence-electron chi connectivity index (χ0n) is 33.5. The molecule has 0 unspecified atom stereocenters. The number of likely N-dealkylation sites (tertiary alicyclic amines) is 1. The maximum atomic E-state index is 12.4. The molecule has 4 amide bonds. The maximum Gasteiger partial charge on any atom is 0.306 e. The van der Waals surface area contributed by atoms with Gasteiger partial charge in [-0.3, -0.25) is 39.0 Å². The van der Waals surface area contributed by atoms with Crippen LogP contribution in [0.2, 0.25) is 0 Å². The SMILES string of the molecule is C.CC(C)(C)OC(=O)C[C@H](CO)C(C)(C)C.CC1(C)CC(=O)N(C[C@@H](CC(=O)OC(C)(C)C)C(C)(C)C)C(=O)C1.CC1(C)CC(=O)NC(=O)C1. The fourth-order valence-electron chi connectivity index (χ4n) is 5.27. The highest BCUT2D eigenvalue weighted by Crippen LogP contribution is 2.36. The number of rotatable bonds is 7. The zero-order valence-corrected chi connectivity index (χ0v) is 33.5. The number of nitrogens with one attached hydrogen (secondary N) is 1. The number of amides is 4. The number of piperidine rings is 2. The van der Waals surface area contributed by atoms with Gasteiger partial charge in [0.1, 0.15) is 11.2 Å². The van der Waals surface area contributed by atoms with Crippen LogP contribution in [0.15, 0.2) is 0 Å². The molecule has 2 rings (SSSR count). The second kappa shape index (κ2) is 18.6. The summed E-state index contributed by atoms with van der Waals surface area (Å²) in [4.78, 5) is 71.4. The van der Waals surface area contributed by atoms with Crippen LogP contribution in [0.25, 0.3) is 0 Å². The van der Waals surface area contributed by atoms with Gasteiger partial charge < -0.3 is 14.6 Å². The molecule has 2 atom stereocenters. The van der Waals surface area contributed by atoms with Gasteiger partial charge in [0.05, 0.1) is 12.8 Å². The summed E-state index contributed by atoms with van der Waals surface area (Å²) in [6.07, 6.45) is 2.11. The molecular formula is C39H72N2O9. The number of aliphatic hydroxyl groups excluding tert-OH is 1. The van der Waals surface area contributed by atoms with Crippen molar-refractivity contribution in [2.45, 2.75) is 168 Å². The molecule has 0 aliphatic carbocycles. The summed E-state index contributed by atoms with van der Waals surface area (Å²) in [5.74, 6) is -1.31. The van der Waals surface area contributed by atoms with E-state index in [1.807, 2.05) is 111 Å². The van der Waals surface area contributed by atoms with Gasteiger partial charge in [-0.2, -0.15) is 0 Å². The summed E-state index contributed by atoms with van der Waals surface area (Å²) in [7, 11) is 0. The molecule has 0 radical (unpaired) electrons. The van der Waals surface area contributed by atoms with Crippen molar-refractivity contribution in [1.29, 1.82) is 0 Å². The number of hydrogen-bond acceptors (Lipinski definition) is 9. The lowest BCUT2D eigenvalue weighted by Gasteiger charge is -2.39. The van der Waals surface area contributed by atoms with Gasteiger partial charge in [-0.25, -0.2) is 0 Å². The molecule has 0 bridgehead atoms. The number of hydrogen-bond donors (Lipinski definition) is 2. The monoisotopic (exact) mass is 713 g/mol. The zero-order chi connectivity index (χ0) is 39.0. The first-order valence-electron chi connectivity index (χ1n) is 17.4. The molecule has 2 aliphatic rings. The van der Waals surface area contributed by atoms with Crippen LogP contribution in [0.3, 0.4) is 0 Å². The molecule has 292 valence electrons. The van der Waals surface area contributed by atoms with E-state index in [2.05, 4.69) is 5.32 Å². The fourth-order valence-corrected chi connectivity index (χ4v) is 5.27. The minimum atomic E-state index is -0.541. The third kappa shape index (κ3) is 20.8. The van der Waals surface area contributed by atoms with E-state index >= 15 is 0 Å². The van der Waals surface area contributed by atoms with Crippen molar-refractivity contribution < 1.29 is 43.3 Å². The van der Waals surface area contributed by atoms with Gasteiger partial charge in [0.15, 0.2) is 0 Å². The Bertz CT molecular complexity index is 1140. The lowest BCUT2D eigenvalue weighted by atomic mass is 9.77. The van der Waals surface area contributed by atoms with Crippen molar-refractivity contribution in [2.75, 3.05) is 13.2 Å². The lowest BCUT2D eigenvalue weighted by Crippen LogP contribution is -2.49. The van der Waals surface area contributed by atoms with Crippen LogP contribution in [-0.2, 0) is 38.2 Å². The van der Waals surface area contributed by atoms with Crippen LogP contribution in [0.1, 0.15) is 157 Å². The largest absolute Gasteiger partial charge is 0.460 e. The molecule has 2 saturated heterocycles. The Morgan fingerprint density at radius 2 is 0.980 bits per heavy atom. The molecule has 0 aromatic carbocycles. The highest BCUT2D eigenvalue weighted by molar-refractivity contribution is 5.99. The van der Waals surface area contributed by atoms with E-state index in [1.54, 1.807) is 0 Å². The van der Waals surface area contributed by atoms with Gasteiger partial charge in [-0.05, 0) is 75.0 Å². The van der Waals surface area contributed by atoms with Crippen molar-refractivity contribution in [3.05, 3.63) is 0 Å². The van der Waals surface area contributed by atoms with Gasteiger partial charge >= 0.3 is 11.9 Å². The van der Waals surface area contributed by atoms with E-state index in [0.29, 0.717) is 25.7 Å². The maximum absolute atomic E-state index is 12.4. The standard InChI is InChI=1S/C19H33NO4.C12H24O3.C7H11NO2.CH4/c1-17(2,3)13(9-16(23)24-18(4,5)6)12-20-14(21)10-19(7,8)11-15(20)22;1-11(2,3)9(8-13)7-10(14)15-12(4,5)6;1-7(2)3-5(9)8-6(10)4-7;/h13H,9-12H2,1-8H3;9,13H,7-8H2,1-6H3;3-4H2,1-2H3,(H,8,9,10);1H4/t13-;9-;;/m11../s1. The summed E-state index contributed by atoms with van der Waals surface area (Å²) in [6.45, 7) is 31.1. The van der Waals surface area contributed by atoms with Crippen molar-refractivity contribution in [3.8, 4) is 0 Å². The molecule has 0 spiro atoms. The molecule has 11 nitrogen and oxygen atoms in total. The summed E-state index contributed by atoms with van der Waals surface area (Å²) in [5, 5.41) is 11.5. The highest BCUT2D eigenvalue weighted by Gasteiger charge is 2.40. The minimum absolute atomic E-state index is 0. The Labute approximate surface area is 303 Å². The number of carbonyl (C=O) groups excluding carboxylic acids is 6. The van der Waals surface area contributed by atoms with Crippen LogP contribution in [-0.4, -0.2) is 69.9 Å². The summed E-state index contributed by atoms with van der Waals surface area (Å²) in [5.41, 5.74) is -1.71. The normalized spacial score (nSPS) is 18.9. The number of nitrogens with zero attached hydrogens (tertiary/aromatic N) is 1. The Morgan fingerprint density at radius 1 is 0.660 bits per heavy atom. The summed E-state index contributed by atoms with van der Waals surface area (Å²) < 4.78 is 10.6. The molecule has 0 saturated carbocycles. The van der Waals surface area contributed by atoms with Crippen molar-refractivity contribution in [2.24, 2.45) is 33.5 Å². The number of aliphatic hydroxyl groups is 1. The second-order valence-corrected chi connectivity index (χ2v) is 19.3. The van der Waals surface area contributed by atoms with Gasteiger partial charge in [0.2, 0.25) is 23.6 Å². The molecule has 0 aromatic rings. The second-order valence-electron chi connectivity index (χ2n) is 19.3. The first-order chi connectivity index (χ1) is 21.7. The van der Waals surface area contributed by atoms with E-state index in [0.717, 1.165) is 0 Å². The Hall–Kier alpha value is -2.82. The Balaban J connectivity index is 0. The van der Waals surface area contributed by atoms with Crippen molar-refractivity contribution in [3.63, 3.8) is 0 Å². The molecule has 50 heavy (non-hydrogen) atoms. The molecule has 2 fully saturated rings. The van der Waals surface area contributed by atoms with Crippen LogP contribution >= 0.6 is 0 Å². The average molecular weight is 713 g/mol. The van der Waals surface area contributed by atoms with Crippen molar-refractivity contribution >= 4 is 35.6 Å². The molecule has 2 aliphatic heterocycles. The van der Waals surface area contributed by atoms with Crippen molar-refractivity contribution in [1.82, 2.24) is 10.2 Å². The summed E-state index contributed by atoms with van der Waals surface area (Å²) in [6, 6.07) is 0. The highest BCUT2D eigenvalue weighted by atomic mass is 16.6. The number of ether oxygens (including phenoxy) is 2. The Morgan fingerprint density at radius 3 is 1.26 bits per heavy atom. The van der Waals surface area contributed by atoms with E-state index in [4.69, 9.17) is 9.47 Å². The number of carbonyl (C=O) groups is 6. The van der Waals surface area contributed by atoms with E-state index in [1.165, 1.54) is 4.90 Å². The number of esters is 2. The van der Waals surface area contributed by atoms with Gasteiger partial charge in [-0.1, -0.05) is 76.7 Å². The number of imide groups is 2. The van der Waals surface area contributed by atoms with Crippen LogP contribution in [0.4, 0.5) is 0 Å². The van der Waals surface area contributed by atoms with E-state index in [-0.39, 0.29) is 102 Å². The first kappa shape index (κ1) is 49.3.